The van der Waals surface area contributed by atoms with Crippen LogP contribution in [-0.2, 0) is 19.6 Å². The van der Waals surface area contributed by atoms with E-state index in [1.54, 1.807) is 29.2 Å². The van der Waals surface area contributed by atoms with Gasteiger partial charge in [0.25, 0.3) is 0 Å². The van der Waals surface area contributed by atoms with E-state index in [2.05, 4.69) is 0 Å². The monoisotopic (exact) mass is 342 g/mol. The molecule has 1 heterocycles. The molecule has 1 aromatic rings. The molecule has 128 valence electrons. The molecule has 23 heavy (non-hydrogen) atoms. The highest BCUT2D eigenvalue weighted by Gasteiger charge is 2.29. The number of hydrogen-bond acceptors (Lipinski definition) is 5. The van der Waals surface area contributed by atoms with Crippen LogP contribution < -0.4 is 4.74 Å². The van der Waals surface area contributed by atoms with Crippen LogP contribution in [0.2, 0.25) is 0 Å². The molecule has 1 aromatic carbocycles. The lowest BCUT2D eigenvalue weighted by atomic mass is 10.3. The summed E-state index contributed by atoms with van der Waals surface area (Å²) in [7, 11) is -2.08. The van der Waals surface area contributed by atoms with Crippen molar-refractivity contribution in [1.82, 2.24) is 9.21 Å². The molecule has 0 aliphatic carbocycles. The highest BCUT2D eigenvalue weighted by molar-refractivity contribution is 7.89. The Kier molecular flexibility index (Phi) is 5.97. The lowest BCUT2D eigenvalue weighted by molar-refractivity contribution is -0.136. The molecule has 0 saturated carbocycles. The van der Waals surface area contributed by atoms with E-state index in [1.165, 1.54) is 11.4 Å². The lowest BCUT2D eigenvalue weighted by Crippen LogP contribution is -2.51. The molecule has 1 aliphatic rings. The summed E-state index contributed by atoms with van der Waals surface area (Å²) in [5, 5.41) is 0. The first-order chi connectivity index (χ1) is 11.0. The Morgan fingerprint density at radius 2 is 1.74 bits per heavy atom. The topological polar surface area (TPSA) is 76.2 Å². The van der Waals surface area contributed by atoms with E-state index in [0.717, 1.165) is 0 Å². The number of rotatable bonds is 6. The Morgan fingerprint density at radius 1 is 1.13 bits per heavy atom. The third-order valence-electron chi connectivity index (χ3n) is 3.63. The molecular weight excluding hydrogens is 320 g/mol. The number of piperazine rings is 1. The van der Waals surface area contributed by atoms with Crippen LogP contribution in [0.5, 0.6) is 5.75 Å². The fraction of sp³-hybridized carbons (Fsp3) is 0.533. The summed E-state index contributed by atoms with van der Waals surface area (Å²) in [6.45, 7) is 3.73. The van der Waals surface area contributed by atoms with E-state index in [4.69, 9.17) is 9.47 Å². The number of carbonyl (C=O) groups is 1. The predicted octanol–water partition coefficient (Wildman–Crippen LogP) is 0.565. The number of amides is 1. The smallest absolute Gasteiger partial charge is 0.248 e. The van der Waals surface area contributed by atoms with Gasteiger partial charge in [0.2, 0.25) is 15.9 Å². The van der Waals surface area contributed by atoms with Gasteiger partial charge in [0.15, 0.2) is 0 Å². The molecule has 2 rings (SSSR count). The van der Waals surface area contributed by atoms with Gasteiger partial charge in [-0.2, -0.15) is 4.31 Å². The number of methoxy groups -OCH3 is 1. The van der Waals surface area contributed by atoms with Gasteiger partial charge in [-0.25, -0.2) is 8.42 Å². The summed E-state index contributed by atoms with van der Waals surface area (Å²) in [5.41, 5.74) is 0. The van der Waals surface area contributed by atoms with Crippen molar-refractivity contribution in [3.05, 3.63) is 24.3 Å². The second-order valence-corrected chi connectivity index (χ2v) is 7.06. The Labute approximate surface area is 136 Å². The highest BCUT2D eigenvalue weighted by atomic mass is 32.2. The highest BCUT2D eigenvalue weighted by Crippen LogP contribution is 2.20. The molecule has 1 saturated heterocycles. The van der Waals surface area contributed by atoms with Gasteiger partial charge < -0.3 is 14.4 Å². The summed E-state index contributed by atoms with van der Waals surface area (Å²) in [6.07, 6.45) is 0. The maximum Gasteiger partial charge on any atom is 0.248 e. The molecule has 1 amide bonds. The van der Waals surface area contributed by atoms with Gasteiger partial charge in [-0.05, 0) is 31.2 Å². The number of benzene rings is 1. The standard InChI is InChI=1S/C15H22N2O5S/c1-3-22-13-4-6-14(7-5-13)23(19,20)17-10-8-16(9-11-17)15(18)12-21-2/h4-7H,3,8-12H2,1-2H3. The molecule has 0 N–H and O–H groups in total. The SMILES string of the molecule is CCOc1ccc(S(=O)(=O)N2CCN(C(=O)COC)CC2)cc1. The number of sulfonamides is 1. The van der Waals surface area contributed by atoms with Gasteiger partial charge >= 0.3 is 0 Å². The van der Waals surface area contributed by atoms with Gasteiger partial charge in [0.05, 0.1) is 11.5 Å². The van der Waals surface area contributed by atoms with Crippen molar-refractivity contribution < 1.29 is 22.7 Å². The molecule has 8 heteroatoms. The quantitative estimate of drug-likeness (QED) is 0.755. The van der Waals surface area contributed by atoms with Crippen LogP contribution in [-0.4, -0.2) is 70.0 Å². The van der Waals surface area contributed by atoms with Crippen molar-refractivity contribution in [2.24, 2.45) is 0 Å². The Bertz CT molecular complexity index is 622. The summed E-state index contributed by atoms with van der Waals surface area (Å²) >= 11 is 0. The Morgan fingerprint density at radius 3 is 2.26 bits per heavy atom. The molecule has 0 bridgehead atoms. The molecule has 0 unspecified atom stereocenters. The number of ether oxygens (including phenoxy) is 2. The molecule has 0 spiro atoms. The maximum absolute atomic E-state index is 12.6. The summed E-state index contributed by atoms with van der Waals surface area (Å²) in [6, 6.07) is 6.38. The molecule has 1 aliphatic heterocycles. The summed E-state index contributed by atoms with van der Waals surface area (Å²) in [5.74, 6) is 0.520. The largest absolute Gasteiger partial charge is 0.494 e. The number of carbonyl (C=O) groups excluding carboxylic acids is 1. The lowest BCUT2D eigenvalue weighted by Gasteiger charge is -2.33. The van der Waals surface area contributed by atoms with Gasteiger partial charge in [-0.15, -0.1) is 0 Å². The first-order valence-corrected chi connectivity index (χ1v) is 8.92. The Hall–Kier alpha value is -1.64. The summed E-state index contributed by atoms with van der Waals surface area (Å²) < 4.78 is 36.8. The summed E-state index contributed by atoms with van der Waals surface area (Å²) in [4.78, 5) is 13.6. The molecule has 1 fully saturated rings. The number of nitrogens with zero attached hydrogens (tertiary/aromatic N) is 2. The minimum absolute atomic E-state index is 0.0195. The minimum atomic E-state index is -3.55. The zero-order valence-electron chi connectivity index (χ0n) is 13.4. The van der Waals surface area contributed by atoms with Crippen LogP contribution in [0.4, 0.5) is 0 Å². The van der Waals surface area contributed by atoms with Crippen LogP contribution in [0.15, 0.2) is 29.2 Å². The van der Waals surface area contributed by atoms with Crippen molar-refractivity contribution in [3.63, 3.8) is 0 Å². The maximum atomic E-state index is 12.6. The van der Waals surface area contributed by atoms with Crippen molar-refractivity contribution >= 4 is 15.9 Å². The van der Waals surface area contributed by atoms with E-state index in [9.17, 15) is 13.2 Å². The average molecular weight is 342 g/mol. The van der Waals surface area contributed by atoms with Gasteiger partial charge in [0, 0.05) is 33.3 Å². The van der Waals surface area contributed by atoms with E-state index in [-0.39, 0.29) is 30.5 Å². The van der Waals surface area contributed by atoms with Gasteiger partial charge in [-0.3, -0.25) is 4.79 Å². The zero-order chi connectivity index (χ0) is 16.9. The van der Waals surface area contributed by atoms with E-state index in [1.807, 2.05) is 6.92 Å². The van der Waals surface area contributed by atoms with Crippen molar-refractivity contribution in [2.75, 3.05) is 46.5 Å². The fourth-order valence-corrected chi connectivity index (χ4v) is 3.84. The molecule has 0 atom stereocenters. The van der Waals surface area contributed by atoms with Gasteiger partial charge in [0.1, 0.15) is 12.4 Å². The van der Waals surface area contributed by atoms with Crippen molar-refractivity contribution in [1.29, 1.82) is 0 Å². The van der Waals surface area contributed by atoms with E-state index < -0.39 is 10.0 Å². The normalized spacial score (nSPS) is 16.3. The van der Waals surface area contributed by atoms with Crippen LogP contribution in [0, 0.1) is 0 Å². The molecule has 7 nitrogen and oxygen atoms in total. The average Bonchev–Trinajstić information content (AvgIpc) is 2.56. The third-order valence-corrected chi connectivity index (χ3v) is 5.54. The van der Waals surface area contributed by atoms with Crippen LogP contribution in [0.25, 0.3) is 0 Å². The second-order valence-electron chi connectivity index (χ2n) is 5.12. The molecule has 0 radical (unpaired) electrons. The fourth-order valence-electron chi connectivity index (χ4n) is 2.42. The van der Waals surface area contributed by atoms with Crippen molar-refractivity contribution in [2.45, 2.75) is 11.8 Å². The van der Waals surface area contributed by atoms with E-state index >= 15 is 0 Å². The van der Waals surface area contributed by atoms with Crippen LogP contribution in [0.1, 0.15) is 6.92 Å². The predicted molar refractivity (Wildman–Crippen MR) is 84.8 cm³/mol. The first-order valence-electron chi connectivity index (χ1n) is 7.48. The minimum Gasteiger partial charge on any atom is -0.494 e. The second kappa shape index (κ2) is 7.76. The van der Waals surface area contributed by atoms with Crippen LogP contribution in [0.3, 0.4) is 0 Å². The van der Waals surface area contributed by atoms with Gasteiger partial charge in [-0.1, -0.05) is 0 Å². The van der Waals surface area contributed by atoms with Crippen molar-refractivity contribution in [3.8, 4) is 5.75 Å². The van der Waals surface area contributed by atoms with E-state index in [0.29, 0.717) is 25.4 Å². The molecular formula is C15H22N2O5S. The first kappa shape index (κ1) is 17.7. The third kappa shape index (κ3) is 4.21. The molecule has 0 aromatic heterocycles. The number of hydrogen-bond donors (Lipinski definition) is 0. The Balaban J connectivity index is 2.02. The zero-order valence-corrected chi connectivity index (χ0v) is 14.2. The van der Waals surface area contributed by atoms with Crippen LogP contribution >= 0.6 is 0 Å².